The van der Waals surface area contributed by atoms with Crippen LogP contribution < -0.4 is 15.2 Å². The van der Waals surface area contributed by atoms with Crippen molar-refractivity contribution in [3.63, 3.8) is 0 Å². The normalized spacial score (nSPS) is 23.0. The van der Waals surface area contributed by atoms with Crippen molar-refractivity contribution in [3.8, 4) is 11.4 Å². The second-order valence-electron chi connectivity index (χ2n) is 9.89. The van der Waals surface area contributed by atoms with E-state index in [1.807, 2.05) is 35.2 Å². The number of hydrogen-bond donors (Lipinski definition) is 0. The Morgan fingerprint density at radius 1 is 1.00 bits per heavy atom. The van der Waals surface area contributed by atoms with Gasteiger partial charge in [-0.3, -0.25) is 9.59 Å². The summed E-state index contributed by atoms with van der Waals surface area (Å²) in [5, 5.41) is 4.19. The third-order valence-electron chi connectivity index (χ3n) is 7.38. The summed E-state index contributed by atoms with van der Waals surface area (Å²) in [5.74, 6) is -0.0906. The topological polar surface area (TPSA) is 111 Å². The first-order chi connectivity index (χ1) is 17.9. The summed E-state index contributed by atoms with van der Waals surface area (Å²) < 4.78 is 39.8. The number of nitrogens with zero attached hydrogens (tertiary/aromatic N) is 4. The lowest BCUT2D eigenvalue weighted by Crippen LogP contribution is -2.50. The third-order valence-corrected chi connectivity index (χ3v) is 9.78. The number of benzene rings is 1. The zero-order valence-electron chi connectivity index (χ0n) is 21.1. The molecule has 0 atom stereocenters. The summed E-state index contributed by atoms with van der Waals surface area (Å²) in [7, 11) is -3.24. The number of sulfonamides is 1. The molecule has 0 radical (unpaired) electrons. The molecule has 0 unspecified atom stereocenters. The van der Waals surface area contributed by atoms with E-state index in [-0.39, 0.29) is 34.5 Å². The highest BCUT2D eigenvalue weighted by Crippen LogP contribution is 2.34. The number of hydrogen-bond acceptors (Lipinski definition) is 8. The first kappa shape index (κ1) is 25.7. The van der Waals surface area contributed by atoms with Crippen LogP contribution in [-0.4, -0.2) is 72.6 Å². The highest BCUT2D eigenvalue weighted by molar-refractivity contribution is 7.90. The zero-order valence-corrected chi connectivity index (χ0v) is 21.9. The number of para-hydroxylation sites is 1. The second-order valence-corrected chi connectivity index (χ2v) is 12.1. The van der Waals surface area contributed by atoms with Crippen LogP contribution in [0.1, 0.15) is 45.4 Å². The molecular formula is C26H34N4O6S. The smallest absolute Gasteiger partial charge is 0.316 e. The van der Waals surface area contributed by atoms with Crippen molar-refractivity contribution in [2.45, 2.75) is 56.8 Å². The largest absolute Gasteiger partial charge is 0.483 e. The first-order valence-corrected chi connectivity index (χ1v) is 14.6. The van der Waals surface area contributed by atoms with Crippen molar-refractivity contribution in [2.75, 3.05) is 37.7 Å². The van der Waals surface area contributed by atoms with Crippen LogP contribution in [0.25, 0.3) is 5.69 Å². The van der Waals surface area contributed by atoms with Gasteiger partial charge in [-0.05, 0) is 57.6 Å². The Balaban J connectivity index is 1.37. The van der Waals surface area contributed by atoms with Crippen LogP contribution in [0, 0.1) is 5.92 Å². The van der Waals surface area contributed by atoms with Gasteiger partial charge in [0, 0.05) is 26.2 Å². The summed E-state index contributed by atoms with van der Waals surface area (Å²) in [6.45, 7) is 3.80. The second kappa shape index (κ2) is 10.8. The van der Waals surface area contributed by atoms with Crippen molar-refractivity contribution in [2.24, 2.45) is 5.92 Å². The van der Waals surface area contributed by atoms with Gasteiger partial charge in [-0.25, -0.2) is 8.42 Å². The Kier molecular flexibility index (Phi) is 7.52. The molecule has 0 amide bonds. The molecular weight excluding hydrogens is 496 g/mol. The molecule has 1 aliphatic heterocycles. The Hall–Kier alpha value is -2.92. The fourth-order valence-electron chi connectivity index (χ4n) is 5.12. The van der Waals surface area contributed by atoms with Crippen molar-refractivity contribution >= 4 is 21.7 Å². The molecule has 5 rings (SSSR count). The maximum atomic E-state index is 13.7. The van der Waals surface area contributed by atoms with Gasteiger partial charge >= 0.3 is 11.5 Å². The summed E-state index contributed by atoms with van der Waals surface area (Å²) in [6, 6.07) is 9.17. The number of aromatic nitrogens is 2. The molecule has 1 saturated heterocycles. The molecule has 3 fully saturated rings. The Morgan fingerprint density at radius 2 is 1.68 bits per heavy atom. The van der Waals surface area contributed by atoms with Gasteiger partial charge in [0.1, 0.15) is 5.69 Å². The van der Waals surface area contributed by atoms with Crippen molar-refractivity contribution in [1.29, 1.82) is 0 Å². The predicted octanol–water partition coefficient (Wildman–Crippen LogP) is 2.35. The molecule has 2 aliphatic carbocycles. The Labute approximate surface area is 217 Å². The van der Waals surface area contributed by atoms with Crippen molar-refractivity contribution in [1.82, 2.24) is 14.1 Å². The minimum atomic E-state index is -3.24. The SMILES string of the molecule is CCOC(=O)C1CCC(Oc2c(N3CCN(S(=O)(=O)C4CC4)CC3)cnn(-c3ccccc3)c2=O)CC1. The standard InChI is InChI=1S/C26H34N4O6S/c1-2-35-26(32)19-8-10-21(11-9-19)36-24-23(18-27-30(25(24)31)20-6-4-3-5-7-20)28-14-16-29(17-15-28)37(33,34)22-12-13-22/h3-7,18-19,21-22H,2,8-17H2,1H3. The van der Waals surface area contributed by atoms with Gasteiger partial charge in [-0.1, -0.05) is 18.2 Å². The average molecular weight is 531 g/mol. The summed E-state index contributed by atoms with van der Waals surface area (Å²) in [5.41, 5.74) is 0.854. The molecule has 3 aliphatic rings. The first-order valence-electron chi connectivity index (χ1n) is 13.1. The van der Waals surface area contributed by atoms with E-state index in [9.17, 15) is 18.0 Å². The van der Waals surface area contributed by atoms with Crippen LogP contribution >= 0.6 is 0 Å². The fraction of sp³-hybridized carbons (Fsp3) is 0.577. The Morgan fingerprint density at radius 3 is 2.30 bits per heavy atom. The molecule has 1 aromatic heterocycles. The van der Waals surface area contributed by atoms with Crippen LogP contribution in [0.15, 0.2) is 41.3 Å². The number of anilines is 1. The van der Waals surface area contributed by atoms with Crippen molar-refractivity contribution < 1.29 is 22.7 Å². The van der Waals surface area contributed by atoms with Gasteiger partial charge in [0.15, 0.2) is 0 Å². The maximum absolute atomic E-state index is 13.7. The number of carbonyl (C=O) groups is 1. The number of carbonyl (C=O) groups excluding carboxylic acids is 1. The lowest BCUT2D eigenvalue weighted by molar-refractivity contribution is -0.149. The van der Waals surface area contributed by atoms with Gasteiger partial charge in [-0.15, -0.1) is 0 Å². The van der Waals surface area contributed by atoms with Gasteiger partial charge in [0.25, 0.3) is 0 Å². The van der Waals surface area contributed by atoms with E-state index in [4.69, 9.17) is 9.47 Å². The Bertz CT molecular complexity index is 1260. The van der Waals surface area contributed by atoms with Gasteiger partial charge in [0.2, 0.25) is 15.8 Å². The monoisotopic (exact) mass is 530 g/mol. The number of ether oxygens (including phenoxy) is 2. The van der Waals surface area contributed by atoms with Crippen LogP contribution in [0.4, 0.5) is 5.69 Å². The van der Waals surface area contributed by atoms with Crippen LogP contribution in [-0.2, 0) is 19.6 Å². The molecule has 2 aromatic rings. The lowest BCUT2D eigenvalue weighted by Gasteiger charge is -2.36. The molecule has 2 saturated carbocycles. The fourth-order valence-corrected chi connectivity index (χ4v) is 6.95. The summed E-state index contributed by atoms with van der Waals surface area (Å²) >= 11 is 0. The highest BCUT2D eigenvalue weighted by Gasteiger charge is 2.41. The highest BCUT2D eigenvalue weighted by atomic mass is 32.2. The molecule has 0 N–H and O–H groups in total. The predicted molar refractivity (Wildman–Crippen MR) is 139 cm³/mol. The quantitative estimate of drug-likeness (QED) is 0.479. The van der Waals surface area contributed by atoms with Gasteiger partial charge < -0.3 is 14.4 Å². The van der Waals surface area contributed by atoms with Crippen LogP contribution in [0.5, 0.6) is 5.75 Å². The van der Waals surface area contributed by atoms with E-state index in [0.717, 1.165) is 12.8 Å². The molecule has 1 aromatic carbocycles. The molecule has 0 spiro atoms. The van der Waals surface area contributed by atoms with Gasteiger partial charge in [0.05, 0.1) is 35.8 Å². The molecule has 0 bridgehead atoms. The number of piperazine rings is 1. The molecule has 10 nitrogen and oxygen atoms in total. The van der Waals surface area contributed by atoms with Crippen molar-refractivity contribution in [3.05, 3.63) is 46.9 Å². The molecule has 2 heterocycles. The van der Waals surface area contributed by atoms with E-state index >= 15 is 0 Å². The molecule has 11 heteroatoms. The lowest BCUT2D eigenvalue weighted by atomic mass is 9.87. The van der Waals surface area contributed by atoms with E-state index in [1.165, 1.54) is 4.68 Å². The van der Waals surface area contributed by atoms with Gasteiger partial charge in [-0.2, -0.15) is 14.1 Å². The minimum absolute atomic E-state index is 0.140. The minimum Gasteiger partial charge on any atom is -0.483 e. The average Bonchev–Trinajstić information content (AvgIpc) is 3.77. The van der Waals surface area contributed by atoms with Crippen LogP contribution in [0.3, 0.4) is 0 Å². The van der Waals surface area contributed by atoms with E-state index in [2.05, 4.69) is 5.10 Å². The summed E-state index contributed by atoms with van der Waals surface area (Å²) in [6.07, 6.45) is 5.48. The van der Waals surface area contributed by atoms with E-state index in [0.29, 0.717) is 69.8 Å². The molecule has 37 heavy (non-hydrogen) atoms. The van der Waals surface area contributed by atoms with E-state index < -0.39 is 10.0 Å². The van der Waals surface area contributed by atoms with E-state index in [1.54, 1.807) is 17.4 Å². The maximum Gasteiger partial charge on any atom is 0.316 e. The van der Waals surface area contributed by atoms with Crippen LogP contribution in [0.2, 0.25) is 0 Å². The third kappa shape index (κ3) is 5.52. The zero-order chi connectivity index (χ0) is 26.0. The number of esters is 1. The molecule has 200 valence electrons. The summed E-state index contributed by atoms with van der Waals surface area (Å²) in [4.78, 5) is 27.8. The number of rotatable bonds is 8.